The van der Waals surface area contributed by atoms with E-state index in [9.17, 15) is 9.59 Å². The number of nitrogens with zero attached hydrogens (tertiary/aromatic N) is 3. The first kappa shape index (κ1) is 24.7. The Morgan fingerprint density at radius 1 is 1.14 bits per heavy atom. The zero-order valence-corrected chi connectivity index (χ0v) is 21.2. The number of rotatable bonds is 5. The molecule has 1 aromatic carbocycles. The van der Waals surface area contributed by atoms with Crippen molar-refractivity contribution in [3.63, 3.8) is 0 Å². The highest BCUT2D eigenvalue weighted by atomic mass is 16.2. The fraction of sp³-hybridized carbons (Fsp3) is 0.379. The third-order valence-corrected chi connectivity index (χ3v) is 7.76. The molecule has 0 aliphatic carbocycles. The normalized spacial score (nSPS) is 20.3. The van der Waals surface area contributed by atoms with E-state index in [-0.39, 0.29) is 11.8 Å². The van der Waals surface area contributed by atoms with E-state index in [0.717, 1.165) is 68.1 Å². The van der Waals surface area contributed by atoms with Gasteiger partial charge >= 0.3 is 5.91 Å². The fourth-order valence-electron chi connectivity index (χ4n) is 5.43. The van der Waals surface area contributed by atoms with Gasteiger partial charge in [-0.3, -0.25) is 14.7 Å². The van der Waals surface area contributed by atoms with Gasteiger partial charge in [0.1, 0.15) is 11.8 Å². The second-order valence-electron chi connectivity index (χ2n) is 10.3. The second-order valence-corrected chi connectivity index (χ2v) is 10.3. The van der Waals surface area contributed by atoms with Crippen molar-refractivity contribution in [2.75, 3.05) is 36.4 Å². The minimum Gasteiger partial charge on any atom is -0.370 e. The van der Waals surface area contributed by atoms with Gasteiger partial charge in [-0.2, -0.15) is 5.26 Å². The van der Waals surface area contributed by atoms with Crippen LogP contribution in [0.15, 0.2) is 55.0 Å². The van der Waals surface area contributed by atoms with Crippen LogP contribution in [0.1, 0.15) is 70.5 Å². The standard InChI is InChI=1S/C29H32N6O2/c1-20-6-11-34(12-7-20)27-16-23(4-5-25(27)33-28(36)26-15-21(17-30)18-32-26)22-8-13-35(14-9-22)29(37)24-3-2-10-31-19-24/h2-5,10,15-16,18-20,22,32H,6-9,11-14H2,1H3,(H,33,36)/p+1. The van der Waals surface area contributed by atoms with Gasteiger partial charge in [0, 0.05) is 44.5 Å². The molecule has 2 aliphatic rings. The fourth-order valence-corrected chi connectivity index (χ4v) is 5.43. The lowest BCUT2D eigenvalue weighted by molar-refractivity contribution is -0.820. The van der Waals surface area contributed by atoms with Crippen molar-refractivity contribution in [1.82, 2.24) is 9.97 Å². The number of nitrogens with one attached hydrogen (secondary N) is 3. The number of carbonyl (C=O) groups is 2. The summed E-state index contributed by atoms with van der Waals surface area (Å²) in [4.78, 5) is 36.1. The Labute approximate surface area is 217 Å². The van der Waals surface area contributed by atoms with E-state index in [2.05, 4.69) is 45.3 Å². The van der Waals surface area contributed by atoms with Crippen LogP contribution in [-0.4, -0.2) is 48.0 Å². The van der Waals surface area contributed by atoms with Gasteiger partial charge in [-0.15, -0.1) is 0 Å². The number of pyridine rings is 1. The van der Waals surface area contributed by atoms with Gasteiger partial charge in [0.25, 0.3) is 5.91 Å². The number of piperidine rings is 2. The summed E-state index contributed by atoms with van der Waals surface area (Å²) in [5.74, 6) is 0.938. The van der Waals surface area contributed by atoms with E-state index in [1.54, 1.807) is 30.7 Å². The lowest BCUT2D eigenvalue weighted by Crippen LogP contribution is -3.15. The van der Waals surface area contributed by atoms with E-state index < -0.39 is 0 Å². The summed E-state index contributed by atoms with van der Waals surface area (Å²) in [7, 11) is 0. The molecule has 2 aromatic heterocycles. The zero-order valence-electron chi connectivity index (χ0n) is 21.2. The van der Waals surface area contributed by atoms with Crippen LogP contribution >= 0.6 is 0 Å². The quantitative estimate of drug-likeness (QED) is 0.501. The number of carbonyl (C=O) groups excluding carboxylic acids is 2. The van der Waals surface area contributed by atoms with Gasteiger partial charge in [-0.05, 0) is 60.6 Å². The number of hydrogen-bond donors (Lipinski definition) is 3. The van der Waals surface area contributed by atoms with Crippen molar-refractivity contribution in [1.29, 1.82) is 5.26 Å². The van der Waals surface area contributed by atoms with Crippen molar-refractivity contribution in [2.24, 2.45) is 5.92 Å². The summed E-state index contributed by atoms with van der Waals surface area (Å²) in [6, 6.07) is 13.6. The third kappa shape index (κ3) is 5.57. The second kappa shape index (κ2) is 11.0. The van der Waals surface area contributed by atoms with Crippen molar-refractivity contribution in [3.05, 3.63) is 77.4 Å². The van der Waals surface area contributed by atoms with Gasteiger partial charge in [0.15, 0.2) is 0 Å². The molecule has 0 bridgehead atoms. The molecule has 3 aromatic rings. The Balaban J connectivity index is 1.33. The SMILES string of the molecule is CC1CCN(c2cc(C3CC[NH+](C(=O)c4cccnc4)CC3)ccc2NC(=O)c2cc(C#N)c[nH]2)CC1. The molecule has 5 rings (SSSR count). The van der Waals surface area contributed by atoms with E-state index >= 15 is 0 Å². The molecule has 0 unspecified atom stereocenters. The van der Waals surface area contributed by atoms with Crippen LogP contribution in [0.25, 0.3) is 0 Å². The van der Waals surface area contributed by atoms with Gasteiger partial charge < -0.3 is 15.2 Å². The highest BCUT2D eigenvalue weighted by molar-refractivity contribution is 6.05. The molecule has 0 spiro atoms. The summed E-state index contributed by atoms with van der Waals surface area (Å²) in [5.41, 5.74) is 4.55. The summed E-state index contributed by atoms with van der Waals surface area (Å²) in [6.45, 7) is 5.79. The highest BCUT2D eigenvalue weighted by Crippen LogP contribution is 2.35. The topological polar surface area (TPSA) is 106 Å². The number of amides is 2. The Hall–Kier alpha value is -3.96. The van der Waals surface area contributed by atoms with Crippen molar-refractivity contribution >= 4 is 23.2 Å². The Bertz CT molecular complexity index is 1300. The molecule has 3 N–H and O–H groups in total. The summed E-state index contributed by atoms with van der Waals surface area (Å²) in [6.07, 6.45) is 8.99. The van der Waals surface area contributed by atoms with Crippen LogP contribution < -0.4 is 15.1 Å². The molecule has 8 heteroatoms. The molecule has 37 heavy (non-hydrogen) atoms. The first-order valence-electron chi connectivity index (χ1n) is 13.1. The third-order valence-electron chi connectivity index (χ3n) is 7.76. The lowest BCUT2D eigenvalue weighted by atomic mass is 9.88. The van der Waals surface area contributed by atoms with Gasteiger partial charge in [0.05, 0.1) is 35.6 Å². The highest BCUT2D eigenvalue weighted by Gasteiger charge is 2.30. The minimum absolute atomic E-state index is 0.122. The van der Waals surface area contributed by atoms with Gasteiger partial charge in [-0.1, -0.05) is 13.0 Å². The van der Waals surface area contributed by atoms with Crippen molar-refractivity contribution in [3.8, 4) is 6.07 Å². The summed E-state index contributed by atoms with van der Waals surface area (Å²) < 4.78 is 0. The number of likely N-dealkylation sites (tertiary alicyclic amines) is 1. The van der Waals surface area contributed by atoms with Crippen LogP contribution in [0, 0.1) is 17.2 Å². The maximum atomic E-state index is 12.9. The number of hydrogen-bond acceptors (Lipinski definition) is 5. The average molecular weight is 498 g/mol. The molecule has 2 fully saturated rings. The minimum atomic E-state index is -0.258. The molecular weight excluding hydrogens is 464 g/mol. The molecular formula is C29H33N6O2+. The van der Waals surface area contributed by atoms with Crippen molar-refractivity contribution in [2.45, 2.75) is 38.5 Å². The molecule has 0 saturated carbocycles. The molecule has 0 atom stereocenters. The Morgan fingerprint density at radius 3 is 2.59 bits per heavy atom. The number of anilines is 2. The van der Waals surface area contributed by atoms with E-state index in [1.807, 2.05) is 12.1 Å². The number of aromatic amines is 1. The van der Waals surface area contributed by atoms with Crippen LogP contribution in [0.4, 0.5) is 11.4 Å². The van der Waals surface area contributed by atoms with E-state index in [4.69, 9.17) is 5.26 Å². The summed E-state index contributed by atoms with van der Waals surface area (Å²) in [5, 5.41) is 12.2. The predicted octanol–water partition coefficient (Wildman–Crippen LogP) is 3.37. The van der Waals surface area contributed by atoms with Crippen LogP contribution in [0.2, 0.25) is 0 Å². The monoisotopic (exact) mass is 497 g/mol. The molecule has 0 radical (unpaired) electrons. The molecule has 2 amide bonds. The van der Waals surface area contributed by atoms with Crippen molar-refractivity contribution < 1.29 is 14.5 Å². The smallest absolute Gasteiger partial charge is 0.345 e. The number of aromatic nitrogens is 2. The van der Waals surface area contributed by atoms with Gasteiger partial charge in [-0.25, -0.2) is 4.79 Å². The van der Waals surface area contributed by atoms with Crippen LogP contribution in [0.5, 0.6) is 0 Å². The molecule has 8 nitrogen and oxygen atoms in total. The summed E-state index contributed by atoms with van der Waals surface area (Å²) >= 11 is 0. The molecule has 2 saturated heterocycles. The molecule has 2 aliphatic heterocycles. The largest absolute Gasteiger partial charge is 0.370 e. The first-order valence-corrected chi connectivity index (χ1v) is 13.1. The van der Waals surface area contributed by atoms with E-state index in [1.165, 1.54) is 5.56 Å². The lowest BCUT2D eigenvalue weighted by Gasteiger charge is -2.34. The van der Waals surface area contributed by atoms with E-state index in [0.29, 0.717) is 28.7 Å². The molecule has 190 valence electrons. The number of nitriles is 1. The number of quaternary nitrogens is 1. The Kier molecular flexibility index (Phi) is 7.33. The first-order chi connectivity index (χ1) is 18.0. The number of benzene rings is 1. The Morgan fingerprint density at radius 2 is 1.92 bits per heavy atom. The van der Waals surface area contributed by atoms with Crippen LogP contribution in [-0.2, 0) is 0 Å². The number of H-pyrrole nitrogens is 1. The zero-order chi connectivity index (χ0) is 25.8. The van der Waals surface area contributed by atoms with Crippen LogP contribution in [0.3, 0.4) is 0 Å². The predicted molar refractivity (Wildman–Crippen MR) is 142 cm³/mol. The molecule has 4 heterocycles. The van der Waals surface area contributed by atoms with Gasteiger partial charge in [0.2, 0.25) is 0 Å². The maximum absolute atomic E-state index is 12.9. The maximum Gasteiger partial charge on any atom is 0.345 e. The average Bonchev–Trinajstić information content (AvgIpc) is 3.44.